The molecule has 1 aromatic carbocycles. The minimum atomic E-state index is 0.474. The molecule has 5 rings (SSSR count). The van der Waals surface area contributed by atoms with Crippen molar-refractivity contribution in [1.82, 2.24) is 19.7 Å². The van der Waals surface area contributed by atoms with Crippen molar-refractivity contribution in [2.24, 2.45) is 5.10 Å². The van der Waals surface area contributed by atoms with Gasteiger partial charge in [0.25, 0.3) is 0 Å². The van der Waals surface area contributed by atoms with E-state index in [1.54, 1.807) is 22.2 Å². The predicted octanol–water partition coefficient (Wildman–Crippen LogP) is 6.13. The summed E-state index contributed by atoms with van der Waals surface area (Å²) in [5.41, 5.74) is 6.81. The molecule has 3 aromatic heterocycles. The van der Waals surface area contributed by atoms with Crippen molar-refractivity contribution < 1.29 is 0 Å². The first kappa shape index (κ1) is 20.4. The smallest absolute Gasteiger partial charge is 0.158 e. The summed E-state index contributed by atoms with van der Waals surface area (Å²) in [4.78, 5) is 11.7. The molecule has 0 spiro atoms. The van der Waals surface area contributed by atoms with Crippen molar-refractivity contribution in [3.05, 3.63) is 62.0 Å². The van der Waals surface area contributed by atoms with Gasteiger partial charge in [-0.1, -0.05) is 29.3 Å². The van der Waals surface area contributed by atoms with Gasteiger partial charge < -0.3 is 0 Å². The number of nitrogens with zero attached hydrogens (tertiary/aromatic N) is 5. The highest BCUT2D eigenvalue weighted by Crippen LogP contribution is 2.38. The molecule has 1 aliphatic rings. The van der Waals surface area contributed by atoms with Gasteiger partial charge in [0.15, 0.2) is 5.82 Å². The van der Waals surface area contributed by atoms with Gasteiger partial charge in [-0.3, -0.25) is 5.43 Å². The number of aryl methyl sites for hydroxylation is 4. The summed E-state index contributed by atoms with van der Waals surface area (Å²) in [5, 5.41) is 11.2. The summed E-state index contributed by atoms with van der Waals surface area (Å²) in [6.07, 6.45) is 6.31. The molecule has 4 aromatic rings. The largest absolute Gasteiger partial charge is 0.261 e. The van der Waals surface area contributed by atoms with Crippen LogP contribution < -0.4 is 5.43 Å². The van der Waals surface area contributed by atoms with Crippen LogP contribution in [-0.4, -0.2) is 26.0 Å². The standard InChI is InChI=1S/C22H20Cl2N6S/c1-12-17(20(24)30(29-12)15-7-5-6-14(23)10-15)11-25-28-21-19-16-8-3-4-9-18(16)31-22(19)27-13(2)26-21/h5-7,10-11H,3-4,8-9H2,1-2H3,(H,26,27,28). The monoisotopic (exact) mass is 470 g/mol. The van der Waals surface area contributed by atoms with Gasteiger partial charge in [0.1, 0.15) is 15.8 Å². The molecule has 1 N–H and O–H groups in total. The number of fused-ring (bicyclic) bond motifs is 3. The van der Waals surface area contributed by atoms with Gasteiger partial charge in [-0.05, 0) is 63.3 Å². The predicted molar refractivity (Wildman–Crippen MR) is 128 cm³/mol. The molecule has 0 bridgehead atoms. The van der Waals surface area contributed by atoms with E-state index in [0.717, 1.165) is 51.6 Å². The number of rotatable bonds is 4. The number of halogens is 2. The van der Waals surface area contributed by atoms with Crippen molar-refractivity contribution in [2.45, 2.75) is 39.5 Å². The van der Waals surface area contributed by atoms with Gasteiger partial charge in [0, 0.05) is 9.90 Å². The van der Waals surface area contributed by atoms with E-state index < -0.39 is 0 Å². The van der Waals surface area contributed by atoms with Crippen molar-refractivity contribution in [3.8, 4) is 5.69 Å². The molecule has 0 unspecified atom stereocenters. The fraction of sp³-hybridized carbons (Fsp3) is 0.273. The maximum Gasteiger partial charge on any atom is 0.158 e. The molecule has 6 nitrogen and oxygen atoms in total. The normalized spacial score (nSPS) is 13.8. The number of hydrogen-bond acceptors (Lipinski definition) is 6. The van der Waals surface area contributed by atoms with Gasteiger partial charge in [-0.2, -0.15) is 10.2 Å². The van der Waals surface area contributed by atoms with Crippen LogP contribution in [0.2, 0.25) is 10.2 Å². The molecule has 0 amide bonds. The van der Waals surface area contributed by atoms with Crippen molar-refractivity contribution >= 4 is 56.8 Å². The molecule has 158 valence electrons. The maximum absolute atomic E-state index is 6.61. The topological polar surface area (TPSA) is 68.0 Å². The SMILES string of the molecule is Cc1nc(NN=Cc2c(C)nn(-c3cccc(Cl)c3)c2Cl)c2c3c(sc2n1)CCCC3. The summed E-state index contributed by atoms with van der Waals surface area (Å²) < 4.78 is 1.66. The van der Waals surface area contributed by atoms with Crippen LogP contribution in [-0.2, 0) is 12.8 Å². The van der Waals surface area contributed by atoms with Crippen LogP contribution >= 0.6 is 34.5 Å². The number of anilines is 1. The molecule has 0 fully saturated rings. The second-order valence-corrected chi connectivity index (χ2v) is 9.44. The van der Waals surface area contributed by atoms with Crippen molar-refractivity contribution in [1.29, 1.82) is 0 Å². The highest BCUT2D eigenvalue weighted by atomic mass is 35.5. The summed E-state index contributed by atoms with van der Waals surface area (Å²) in [7, 11) is 0. The van der Waals surface area contributed by atoms with E-state index in [1.807, 2.05) is 38.1 Å². The van der Waals surface area contributed by atoms with Gasteiger partial charge >= 0.3 is 0 Å². The van der Waals surface area contributed by atoms with E-state index >= 15 is 0 Å². The van der Waals surface area contributed by atoms with Gasteiger partial charge in [0.05, 0.1) is 28.5 Å². The number of nitrogens with one attached hydrogen (secondary N) is 1. The fourth-order valence-electron chi connectivity index (χ4n) is 3.94. The number of aromatic nitrogens is 4. The van der Waals surface area contributed by atoms with E-state index in [9.17, 15) is 0 Å². The van der Waals surface area contributed by atoms with Crippen LogP contribution in [0.1, 0.15) is 40.4 Å². The van der Waals surface area contributed by atoms with Crippen molar-refractivity contribution in [3.63, 3.8) is 0 Å². The molecule has 0 saturated heterocycles. The molecule has 0 atom stereocenters. The number of thiophene rings is 1. The summed E-state index contributed by atoms with van der Waals surface area (Å²) >= 11 is 14.5. The Kier molecular flexibility index (Phi) is 5.42. The Balaban J connectivity index is 1.48. The first-order valence-corrected chi connectivity index (χ1v) is 11.7. The van der Waals surface area contributed by atoms with Gasteiger partial charge in [-0.25, -0.2) is 14.6 Å². The molecule has 0 aliphatic heterocycles. The third-order valence-corrected chi connectivity index (χ3v) is 7.18. The molecular weight excluding hydrogens is 451 g/mol. The van der Waals surface area contributed by atoms with E-state index in [0.29, 0.717) is 10.2 Å². The number of hydrazone groups is 1. The van der Waals surface area contributed by atoms with Crippen LogP contribution in [0.3, 0.4) is 0 Å². The first-order chi connectivity index (χ1) is 15.0. The first-order valence-electron chi connectivity index (χ1n) is 10.1. The van der Waals surface area contributed by atoms with E-state index in [1.165, 1.54) is 23.3 Å². The molecule has 1 aliphatic carbocycles. The van der Waals surface area contributed by atoms with Crippen molar-refractivity contribution in [2.75, 3.05) is 5.43 Å². The number of benzene rings is 1. The molecule has 0 radical (unpaired) electrons. The molecule has 3 heterocycles. The Morgan fingerprint density at radius 2 is 2.00 bits per heavy atom. The van der Waals surface area contributed by atoms with Gasteiger partial charge in [-0.15, -0.1) is 11.3 Å². The lowest BCUT2D eigenvalue weighted by Gasteiger charge is -2.11. The average molecular weight is 471 g/mol. The fourth-order valence-corrected chi connectivity index (χ4v) is 5.75. The van der Waals surface area contributed by atoms with Crippen LogP contribution in [0.15, 0.2) is 29.4 Å². The Morgan fingerprint density at radius 3 is 2.84 bits per heavy atom. The lowest BCUT2D eigenvalue weighted by Crippen LogP contribution is -2.02. The summed E-state index contributed by atoms with van der Waals surface area (Å²) in [5.74, 6) is 1.47. The highest BCUT2D eigenvalue weighted by molar-refractivity contribution is 7.19. The quantitative estimate of drug-likeness (QED) is 0.287. The zero-order valence-electron chi connectivity index (χ0n) is 17.1. The minimum absolute atomic E-state index is 0.474. The Labute approximate surface area is 193 Å². The highest BCUT2D eigenvalue weighted by Gasteiger charge is 2.20. The summed E-state index contributed by atoms with van der Waals surface area (Å²) in [6, 6.07) is 7.41. The van der Waals surface area contributed by atoms with E-state index in [2.05, 4.69) is 25.6 Å². The van der Waals surface area contributed by atoms with E-state index in [-0.39, 0.29) is 0 Å². The Morgan fingerprint density at radius 1 is 1.16 bits per heavy atom. The second-order valence-electron chi connectivity index (χ2n) is 7.56. The minimum Gasteiger partial charge on any atom is -0.261 e. The van der Waals surface area contributed by atoms with Crippen LogP contribution in [0.4, 0.5) is 5.82 Å². The zero-order chi connectivity index (χ0) is 21.5. The molecular formula is C22H20Cl2N6S. The molecule has 0 saturated carbocycles. The second kappa shape index (κ2) is 8.22. The summed E-state index contributed by atoms with van der Waals surface area (Å²) in [6.45, 7) is 3.81. The third kappa shape index (κ3) is 3.82. The number of hydrogen-bond donors (Lipinski definition) is 1. The Bertz CT molecular complexity index is 1320. The lowest BCUT2D eigenvalue weighted by atomic mass is 9.97. The lowest BCUT2D eigenvalue weighted by molar-refractivity contribution is 0.700. The average Bonchev–Trinajstić information content (AvgIpc) is 3.25. The molecule has 9 heteroatoms. The third-order valence-electron chi connectivity index (χ3n) is 5.39. The van der Waals surface area contributed by atoms with Crippen LogP contribution in [0.25, 0.3) is 15.9 Å². The maximum atomic E-state index is 6.61. The van der Waals surface area contributed by atoms with Gasteiger partial charge in [0.2, 0.25) is 0 Å². The van der Waals surface area contributed by atoms with E-state index in [4.69, 9.17) is 23.2 Å². The van der Waals surface area contributed by atoms with Crippen LogP contribution in [0, 0.1) is 13.8 Å². The Hall–Kier alpha value is -2.48. The van der Waals surface area contributed by atoms with Crippen LogP contribution in [0.5, 0.6) is 0 Å². The molecule has 31 heavy (non-hydrogen) atoms. The zero-order valence-corrected chi connectivity index (χ0v) is 19.4.